The highest BCUT2D eigenvalue weighted by Crippen LogP contribution is 2.29. The number of ether oxygens (including phenoxy) is 4. The van der Waals surface area contributed by atoms with Gasteiger partial charge in [0.15, 0.2) is 29.6 Å². The van der Waals surface area contributed by atoms with E-state index in [1.165, 1.54) is 13.3 Å². The number of amides is 2. The zero-order chi connectivity index (χ0) is 26.5. The van der Waals surface area contributed by atoms with Crippen molar-refractivity contribution in [2.45, 2.75) is 6.92 Å². The minimum absolute atomic E-state index is 0.185. The number of nitrogens with one attached hydrogen (secondary N) is 2. The van der Waals surface area contributed by atoms with Crippen molar-refractivity contribution in [2.75, 3.05) is 32.2 Å². The molecule has 2 N–H and O–H groups in total. The molecule has 0 unspecified atom stereocenters. The number of benzene rings is 3. The number of hydrazone groups is 1. The molecular weight excluding hydrogens is 474 g/mol. The molecule has 3 aromatic carbocycles. The van der Waals surface area contributed by atoms with Crippen LogP contribution in [0.15, 0.2) is 84.5 Å². The summed E-state index contributed by atoms with van der Waals surface area (Å²) in [5, 5.41) is 6.77. The predicted molar refractivity (Wildman–Crippen MR) is 142 cm³/mol. The topological polar surface area (TPSA) is 107 Å². The summed E-state index contributed by atoms with van der Waals surface area (Å²) < 4.78 is 22.1. The first-order chi connectivity index (χ1) is 18.0. The third-order valence-corrected chi connectivity index (χ3v) is 4.85. The molecular formula is C28H29N3O6. The third kappa shape index (κ3) is 8.14. The molecule has 37 heavy (non-hydrogen) atoms. The minimum atomic E-state index is -0.413. The van der Waals surface area contributed by atoms with Gasteiger partial charge in [0.2, 0.25) is 0 Å². The van der Waals surface area contributed by atoms with E-state index >= 15 is 0 Å². The van der Waals surface area contributed by atoms with Crippen LogP contribution in [0.5, 0.6) is 23.0 Å². The van der Waals surface area contributed by atoms with Gasteiger partial charge in [0.05, 0.1) is 19.9 Å². The Morgan fingerprint density at radius 2 is 1.68 bits per heavy atom. The van der Waals surface area contributed by atoms with Gasteiger partial charge in [-0.2, -0.15) is 5.10 Å². The Morgan fingerprint density at radius 3 is 2.41 bits per heavy atom. The van der Waals surface area contributed by atoms with Crippen molar-refractivity contribution in [3.05, 3.63) is 90.5 Å². The van der Waals surface area contributed by atoms with E-state index in [1.54, 1.807) is 54.6 Å². The van der Waals surface area contributed by atoms with E-state index in [-0.39, 0.29) is 12.5 Å². The van der Waals surface area contributed by atoms with Crippen molar-refractivity contribution in [1.82, 2.24) is 5.43 Å². The summed E-state index contributed by atoms with van der Waals surface area (Å²) in [6, 6.07) is 19.0. The number of hydrogen-bond acceptors (Lipinski definition) is 7. The summed E-state index contributed by atoms with van der Waals surface area (Å²) in [6.07, 6.45) is 3.10. The van der Waals surface area contributed by atoms with Crippen molar-refractivity contribution in [3.8, 4) is 23.0 Å². The van der Waals surface area contributed by atoms with Gasteiger partial charge in [0.1, 0.15) is 6.61 Å². The molecule has 192 valence electrons. The second-order valence-electron chi connectivity index (χ2n) is 7.51. The van der Waals surface area contributed by atoms with Gasteiger partial charge < -0.3 is 24.3 Å². The molecule has 0 spiro atoms. The maximum absolute atomic E-state index is 12.6. The lowest BCUT2D eigenvalue weighted by Crippen LogP contribution is -2.20. The molecule has 9 nitrogen and oxygen atoms in total. The summed E-state index contributed by atoms with van der Waals surface area (Å²) in [5.41, 5.74) is 4.19. The van der Waals surface area contributed by atoms with Crippen LogP contribution in [0.3, 0.4) is 0 Å². The van der Waals surface area contributed by atoms with E-state index in [2.05, 4.69) is 22.4 Å². The SMILES string of the molecule is C=CCOc1ccc(C(=O)N/N=C/c2ccc(OCC(=O)Nc3ccccc3)c(OC)c2)cc1OCC. The number of para-hydroxylation sites is 1. The molecule has 0 atom stereocenters. The van der Waals surface area contributed by atoms with E-state index in [1.807, 2.05) is 25.1 Å². The standard InChI is InChI=1S/C28H29N3O6/c1-4-15-36-24-14-12-21(17-26(24)35-5-2)28(33)31-29-18-20-11-13-23(25(16-20)34-3)37-19-27(32)30-22-9-7-6-8-10-22/h4,6-14,16-18H,1,5,15,19H2,2-3H3,(H,30,32)(H,31,33)/b29-18+. The molecule has 9 heteroatoms. The number of rotatable bonds is 13. The van der Waals surface area contributed by atoms with Crippen LogP contribution in [-0.4, -0.2) is 45.0 Å². The number of carbonyl (C=O) groups excluding carboxylic acids is 2. The van der Waals surface area contributed by atoms with Crippen LogP contribution in [0.2, 0.25) is 0 Å². The maximum Gasteiger partial charge on any atom is 0.271 e. The summed E-state index contributed by atoms with van der Waals surface area (Å²) in [7, 11) is 1.49. The minimum Gasteiger partial charge on any atom is -0.493 e. The van der Waals surface area contributed by atoms with Crippen molar-refractivity contribution in [2.24, 2.45) is 5.10 Å². The predicted octanol–water partition coefficient (Wildman–Crippen LogP) is 4.44. The van der Waals surface area contributed by atoms with Gasteiger partial charge in [0, 0.05) is 11.3 Å². The Labute approximate surface area is 215 Å². The Bertz CT molecular complexity index is 1240. The zero-order valence-corrected chi connectivity index (χ0v) is 20.7. The largest absolute Gasteiger partial charge is 0.493 e. The maximum atomic E-state index is 12.6. The van der Waals surface area contributed by atoms with Crippen LogP contribution in [0.25, 0.3) is 0 Å². The molecule has 0 aliphatic rings. The summed E-state index contributed by atoms with van der Waals surface area (Å²) >= 11 is 0. The lowest BCUT2D eigenvalue weighted by Gasteiger charge is -2.12. The molecule has 2 amide bonds. The Kier molecular flexibility index (Phi) is 10.1. The summed E-state index contributed by atoms with van der Waals surface area (Å²) in [6.45, 7) is 6.03. The van der Waals surface area contributed by atoms with Crippen LogP contribution in [-0.2, 0) is 4.79 Å². The van der Waals surface area contributed by atoms with Gasteiger partial charge in [-0.15, -0.1) is 0 Å². The summed E-state index contributed by atoms with van der Waals surface area (Å²) in [5.74, 6) is 1.08. The zero-order valence-electron chi connectivity index (χ0n) is 20.7. The molecule has 0 saturated heterocycles. The van der Waals surface area contributed by atoms with Crippen LogP contribution in [0.4, 0.5) is 5.69 Å². The number of nitrogens with zero attached hydrogens (tertiary/aromatic N) is 1. The second-order valence-corrected chi connectivity index (χ2v) is 7.51. The smallest absolute Gasteiger partial charge is 0.271 e. The number of hydrogen-bond donors (Lipinski definition) is 2. The highest BCUT2D eigenvalue weighted by Gasteiger charge is 2.12. The van der Waals surface area contributed by atoms with Gasteiger partial charge in [-0.1, -0.05) is 30.9 Å². The monoisotopic (exact) mass is 503 g/mol. The van der Waals surface area contributed by atoms with Crippen LogP contribution in [0, 0.1) is 0 Å². The molecule has 3 aromatic rings. The molecule has 0 aliphatic carbocycles. The van der Waals surface area contributed by atoms with E-state index in [0.29, 0.717) is 53.0 Å². The van der Waals surface area contributed by atoms with E-state index < -0.39 is 5.91 Å². The van der Waals surface area contributed by atoms with Crippen molar-refractivity contribution >= 4 is 23.7 Å². The average Bonchev–Trinajstić information content (AvgIpc) is 2.92. The fraction of sp³-hybridized carbons (Fsp3) is 0.179. The van der Waals surface area contributed by atoms with Crippen molar-refractivity contribution in [3.63, 3.8) is 0 Å². The van der Waals surface area contributed by atoms with Gasteiger partial charge >= 0.3 is 0 Å². The van der Waals surface area contributed by atoms with Gasteiger partial charge in [-0.05, 0) is 61.0 Å². The molecule has 3 rings (SSSR count). The van der Waals surface area contributed by atoms with Crippen molar-refractivity contribution < 1.29 is 28.5 Å². The molecule has 0 bridgehead atoms. The highest BCUT2D eigenvalue weighted by molar-refractivity contribution is 5.95. The number of carbonyl (C=O) groups is 2. The van der Waals surface area contributed by atoms with E-state index in [9.17, 15) is 9.59 Å². The first-order valence-electron chi connectivity index (χ1n) is 11.5. The first kappa shape index (κ1) is 26.8. The van der Waals surface area contributed by atoms with E-state index in [4.69, 9.17) is 18.9 Å². The van der Waals surface area contributed by atoms with E-state index in [0.717, 1.165) is 0 Å². The Morgan fingerprint density at radius 1 is 0.919 bits per heavy atom. The highest BCUT2D eigenvalue weighted by atomic mass is 16.5. The number of methoxy groups -OCH3 is 1. The average molecular weight is 504 g/mol. The van der Waals surface area contributed by atoms with Crippen molar-refractivity contribution in [1.29, 1.82) is 0 Å². The lowest BCUT2D eigenvalue weighted by atomic mass is 10.2. The van der Waals surface area contributed by atoms with Crippen LogP contribution >= 0.6 is 0 Å². The fourth-order valence-corrected chi connectivity index (χ4v) is 3.16. The molecule has 0 saturated carbocycles. The van der Waals surface area contributed by atoms with Crippen LogP contribution in [0.1, 0.15) is 22.8 Å². The molecule has 0 aliphatic heterocycles. The quantitative estimate of drug-likeness (QED) is 0.203. The second kappa shape index (κ2) is 13.9. The fourth-order valence-electron chi connectivity index (χ4n) is 3.16. The van der Waals surface area contributed by atoms with Gasteiger partial charge in [-0.25, -0.2) is 5.43 Å². The Balaban J connectivity index is 1.59. The van der Waals surface area contributed by atoms with Gasteiger partial charge in [-0.3, -0.25) is 9.59 Å². The normalized spacial score (nSPS) is 10.4. The lowest BCUT2D eigenvalue weighted by molar-refractivity contribution is -0.118. The summed E-state index contributed by atoms with van der Waals surface area (Å²) in [4.78, 5) is 24.7. The molecule has 0 heterocycles. The van der Waals surface area contributed by atoms with Crippen LogP contribution < -0.4 is 29.7 Å². The molecule has 0 fully saturated rings. The first-order valence-corrected chi connectivity index (χ1v) is 11.5. The van der Waals surface area contributed by atoms with Gasteiger partial charge in [0.25, 0.3) is 11.8 Å². The third-order valence-electron chi connectivity index (χ3n) is 4.85. The molecule has 0 aromatic heterocycles. The number of anilines is 1. The Hall–Kier alpha value is -4.79. The molecule has 0 radical (unpaired) electrons.